The predicted octanol–water partition coefficient (Wildman–Crippen LogP) is 4.20. The highest BCUT2D eigenvalue weighted by Crippen LogP contribution is 2.10. The number of hydrogen-bond acceptors (Lipinski definition) is 3. The lowest BCUT2D eigenvalue weighted by atomic mass is 10.0. The van der Waals surface area contributed by atoms with Gasteiger partial charge in [-0.3, -0.25) is 4.99 Å². The van der Waals surface area contributed by atoms with E-state index in [0.717, 1.165) is 30.5 Å². The minimum absolute atomic E-state index is 0. The molecule has 0 aliphatic heterocycles. The molecule has 0 amide bonds. The largest absolute Gasteiger partial charge is 0.354 e. The fraction of sp³-hybridized carbons (Fsp3) is 0.750. The average molecular weight is 438 g/mol. The Labute approximate surface area is 156 Å². The standard InChI is InChI=1S/C16H30N4S.HI/c1-6-15-20-14(11-21-15)10-18-16(17-5)19-13(4)9-7-8-12(2)3;/h11-13H,6-10H2,1-5H3,(H2,17,18,19);1H. The molecule has 0 aromatic carbocycles. The van der Waals surface area contributed by atoms with Crippen LogP contribution in [0.3, 0.4) is 0 Å². The van der Waals surface area contributed by atoms with E-state index >= 15 is 0 Å². The molecule has 1 aromatic heterocycles. The number of thiazole rings is 1. The van der Waals surface area contributed by atoms with Gasteiger partial charge in [0.25, 0.3) is 0 Å². The summed E-state index contributed by atoms with van der Waals surface area (Å²) in [6.45, 7) is 9.63. The summed E-state index contributed by atoms with van der Waals surface area (Å²) >= 11 is 1.73. The Morgan fingerprint density at radius 3 is 2.59 bits per heavy atom. The fourth-order valence-corrected chi connectivity index (χ4v) is 2.84. The van der Waals surface area contributed by atoms with Crippen molar-refractivity contribution in [1.29, 1.82) is 0 Å². The molecule has 1 atom stereocenters. The molecule has 0 aliphatic rings. The lowest BCUT2D eigenvalue weighted by molar-refractivity contribution is 0.491. The van der Waals surface area contributed by atoms with Crippen molar-refractivity contribution in [3.8, 4) is 0 Å². The van der Waals surface area contributed by atoms with Gasteiger partial charge in [-0.15, -0.1) is 35.3 Å². The number of aliphatic imine (C=N–C) groups is 1. The average Bonchev–Trinajstić information content (AvgIpc) is 2.91. The number of nitrogens with one attached hydrogen (secondary N) is 2. The van der Waals surface area contributed by atoms with Crippen molar-refractivity contribution in [1.82, 2.24) is 15.6 Å². The highest BCUT2D eigenvalue weighted by atomic mass is 127. The van der Waals surface area contributed by atoms with Crippen molar-refractivity contribution >= 4 is 41.3 Å². The zero-order valence-corrected chi connectivity index (χ0v) is 17.6. The molecule has 6 heteroatoms. The Kier molecular flexibility index (Phi) is 11.9. The molecule has 0 saturated heterocycles. The molecular formula is C16H31IN4S. The third-order valence-electron chi connectivity index (χ3n) is 3.36. The van der Waals surface area contributed by atoms with Crippen molar-refractivity contribution in [2.24, 2.45) is 10.9 Å². The van der Waals surface area contributed by atoms with E-state index in [4.69, 9.17) is 0 Å². The van der Waals surface area contributed by atoms with Crippen LogP contribution in [0.4, 0.5) is 0 Å². The van der Waals surface area contributed by atoms with Gasteiger partial charge in [0, 0.05) is 18.5 Å². The predicted molar refractivity (Wildman–Crippen MR) is 108 cm³/mol. The Hall–Kier alpha value is -0.370. The van der Waals surface area contributed by atoms with E-state index in [-0.39, 0.29) is 24.0 Å². The van der Waals surface area contributed by atoms with Crippen molar-refractivity contribution < 1.29 is 0 Å². The molecule has 128 valence electrons. The van der Waals surface area contributed by atoms with Crippen LogP contribution >= 0.6 is 35.3 Å². The van der Waals surface area contributed by atoms with Crippen LogP contribution in [0.1, 0.15) is 57.7 Å². The third-order valence-corrected chi connectivity index (χ3v) is 4.41. The molecule has 0 bridgehead atoms. The summed E-state index contributed by atoms with van der Waals surface area (Å²) in [5.41, 5.74) is 1.09. The smallest absolute Gasteiger partial charge is 0.191 e. The molecule has 1 heterocycles. The van der Waals surface area contributed by atoms with Crippen LogP contribution in [-0.2, 0) is 13.0 Å². The summed E-state index contributed by atoms with van der Waals surface area (Å²) in [5, 5.41) is 10.1. The Bertz CT molecular complexity index is 432. The van der Waals surface area contributed by atoms with Gasteiger partial charge in [-0.25, -0.2) is 4.98 Å². The normalized spacial score (nSPS) is 12.9. The molecule has 1 aromatic rings. The van der Waals surface area contributed by atoms with Crippen LogP contribution in [0, 0.1) is 5.92 Å². The first-order valence-corrected chi connectivity index (χ1v) is 8.83. The van der Waals surface area contributed by atoms with Crippen LogP contribution in [0.25, 0.3) is 0 Å². The van der Waals surface area contributed by atoms with E-state index in [2.05, 4.69) is 53.7 Å². The number of aromatic nitrogens is 1. The second kappa shape index (κ2) is 12.1. The lowest BCUT2D eigenvalue weighted by Crippen LogP contribution is -2.41. The molecule has 0 fully saturated rings. The molecule has 0 saturated carbocycles. The maximum absolute atomic E-state index is 4.56. The van der Waals surface area contributed by atoms with Crippen molar-refractivity contribution in [3.63, 3.8) is 0 Å². The van der Waals surface area contributed by atoms with Gasteiger partial charge < -0.3 is 10.6 Å². The Balaban J connectivity index is 0.00000441. The van der Waals surface area contributed by atoms with E-state index in [1.807, 2.05) is 7.05 Å². The van der Waals surface area contributed by atoms with E-state index < -0.39 is 0 Å². The number of aryl methyl sites for hydroxylation is 1. The quantitative estimate of drug-likeness (QED) is 0.363. The molecule has 4 nitrogen and oxygen atoms in total. The van der Waals surface area contributed by atoms with Gasteiger partial charge in [0.2, 0.25) is 0 Å². The van der Waals surface area contributed by atoms with Crippen LogP contribution in [-0.4, -0.2) is 24.0 Å². The van der Waals surface area contributed by atoms with E-state index in [1.165, 1.54) is 24.3 Å². The third kappa shape index (κ3) is 8.92. The molecule has 1 rings (SSSR count). The van der Waals surface area contributed by atoms with Gasteiger partial charge in [0.15, 0.2) is 5.96 Å². The minimum atomic E-state index is 0. The second-order valence-electron chi connectivity index (χ2n) is 5.88. The van der Waals surface area contributed by atoms with Crippen LogP contribution in [0.15, 0.2) is 10.4 Å². The fourth-order valence-electron chi connectivity index (χ4n) is 2.10. The molecule has 22 heavy (non-hydrogen) atoms. The van der Waals surface area contributed by atoms with E-state index in [1.54, 1.807) is 11.3 Å². The van der Waals surface area contributed by atoms with Crippen molar-refractivity contribution in [3.05, 3.63) is 16.1 Å². The zero-order chi connectivity index (χ0) is 15.7. The SMILES string of the molecule is CCc1nc(CNC(=NC)NC(C)CCCC(C)C)cs1.I. The summed E-state index contributed by atoms with van der Waals surface area (Å²) < 4.78 is 0. The molecule has 0 aliphatic carbocycles. The highest BCUT2D eigenvalue weighted by Gasteiger charge is 2.07. The Morgan fingerprint density at radius 1 is 1.32 bits per heavy atom. The maximum atomic E-state index is 4.56. The first-order chi connectivity index (χ1) is 10.0. The number of hydrogen-bond donors (Lipinski definition) is 2. The lowest BCUT2D eigenvalue weighted by Gasteiger charge is -2.18. The molecule has 0 radical (unpaired) electrons. The number of guanidine groups is 1. The minimum Gasteiger partial charge on any atom is -0.354 e. The van der Waals surface area contributed by atoms with Gasteiger partial charge >= 0.3 is 0 Å². The summed E-state index contributed by atoms with van der Waals surface area (Å²) in [4.78, 5) is 8.84. The molecule has 2 N–H and O–H groups in total. The summed E-state index contributed by atoms with van der Waals surface area (Å²) in [6.07, 6.45) is 4.73. The van der Waals surface area contributed by atoms with Gasteiger partial charge in [0.1, 0.15) is 0 Å². The summed E-state index contributed by atoms with van der Waals surface area (Å²) in [7, 11) is 1.81. The van der Waals surface area contributed by atoms with Crippen LogP contribution < -0.4 is 10.6 Å². The van der Waals surface area contributed by atoms with Gasteiger partial charge in [-0.1, -0.05) is 33.6 Å². The van der Waals surface area contributed by atoms with Gasteiger partial charge in [-0.05, 0) is 25.7 Å². The monoisotopic (exact) mass is 438 g/mol. The van der Waals surface area contributed by atoms with Gasteiger partial charge in [0.05, 0.1) is 17.2 Å². The highest BCUT2D eigenvalue weighted by molar-refractivity contribution is 14.0. The van der Waals surface area contributed by atoms with Crippen molar-refractivity contribution in [2.75, 3.05) is 7.05 Å². The van der Waals surface area contributed by atoms with Crippen molar-refractivity contribution in [2.45, 2.75) is 66.0 Å². The first kappa shape index (κ1) is 21.6. The van der Waals surface area contributed by atoms with E-state index in [0.29, 0.717) is 6.04 Å². The number of rotatable bonds is 8. The van der Waals surface area contributed by atoms with Crippen LogP contribution in [0.5, 0.6) is 0 Å². The second-order valence-corrected chi connectivity index (χ2v) is 6.82. The molecular weight excluding hydrogens is 407 g/mol. The maximum Gasteiger partial charge on any atom is 0.191 e. The van der Waals surface area contributed by atoms with Crippen LogP contribution in [0.2, 0.25) is 0 Å². The topological polar surface area (TPSA) is 49.3 Å². The Morgan fingerprint density at radius 2 is 2.05 bits per heavy atom. The number of halogens is 1. The molecule has 0 spiro atoms. The van der Waals surface area contributed by atoms with Gasteiger partial charge in [-0.2, -0.15) is 0 Å². The first-order valence-electron chi connectivity index (χ1n) is 7.95. The summed E-state index contributed by atoms with van der Waals surface area (Å²) in [6, 6.07) is 0.441. The molecule has 1 unspecified atom stereocenters. The zero-order valence-electron chi connectivity index (χ0n) is 14.5. The number of nitrogens with zero attached hydrogens (tertiary/aromatic N) is 2. The van der Waals surface area contributed by atoms with E-state index in [9.17, 15) is 0 Å². The summed E-state index contributed by atoms with van der Waals surface area (Å²) in [5.74, 6) is 1.64.